The lowest BCUT2D eigenvalue weighted by molar-refractivity contribution is 0.00846. The van der Waals surface area contributed by atoms with Gasteiger partial charge in [0, 0.05) is 38.1 Å². The van der Waals surface area contributed by atoms with Crippen LogP contribution in [0.5, 0.6) is 0 Å². The number of nitrogens with zero attached hydrogens (tertiary/aromatic N) is 2. The number of carbonyl (C=O) groups excluding carboxylic acids is 1. The van der Waals surface area contributed by atoms with Gasteiger partial charge in [-0.2, -0.15) is 0 Å². The van der Waals surface area contributed by atoms with Gasteiger partial charge in [-0.3, -0.25) is 4.90 Å². The first-order valence-corrected chi connectivity index (χ1v) is 7.40. The molecule has 0 unspecified atom stereocenters. The van der Waals surface area contributed by atoms with Crippen molar-refractivity contribution in [1.29, 1.82) is 0 Å². The van der Waals surface area contributed by atoms with Gasteiger partial charge in [-0.05, 0) is 27.3 Å². The Hall–Kier alpha value is -0.850. The number of carbonyl (C=O) groups is 1. The van der Waals surface area contributed by atoms with E-state index in [2.05, 4.69) is 4.90 Å². The molecular weight excluding hydrogens is 258 g/mol. The first-order valence-electron chi connectivity index (χ1n) is 7.40. The molecule has 2 saturated heterocycles. The summed E-state index contributed by atoms with van der Waals surface area (Å²) < 4.78 is 10.8. The fourth-order valence-corrected chi connectivity index (χ4v) is 2.88. The molecule has 0 spiro atoms. The van der Waals surface area contributed by atoms with Gasteiger partial charge in [0.15, 0.2) is 0 Å². The highest BCUT2D eigenvalue weighted by Gasteiger charge is 2.39. The zero-order valence-electron chi connectivity index (χ0n) is 12.8. The largest absolute Gasteiger partial charge is 0.444 e. The monoisotopic (exact) mass is 285 g/mol. The van der Waals surface area contributed by atoms with E-state index in [1.165, 1.54) is 0 Å². The molecule has 6 nitrogen and oxygen atoms in total. The van der Waals surface area contributed by atoms with Crippen LogP contribution < -0.4 is 5.73 Å². The first-order chi connectivity index (χ1) is 9.40. The van der Waals surface area contributed by atoms with Gasteiger partial charge in [0.1, 0.15) is 5.60 Å². The van der Waals surface area contributed by atoms with Crippen LogP contribution in [0, 0.1) is 5.92 Å². The maximum Gasteiger partial charge on any atom is 0.410 e. The second-order valence-corrected chi connectivity index (χ2v) is 6.60. The Morgan fingerprint density at radius 3 is 2.50 bits per heavy atom. The molecule has 6 heteroatoms. The summed E-state index contributed by atoms with van der Waals surface area (Å²) in [5, 5.41) is 0. The van der Waals surface area contributed by atoms with Gasteiger partial charge >= 0.3 is 6.09 Å². The molecule has 2 aliphatic rings. The lowest BCUT2D eigenvalue weighted by Gasteiger charge is -2.34. The van der Waals surface area contributed by atoms with Crippen molar-refractivity contribution < 1.29 is 14.3 Å². The minimum Gasteiger partial charge on any atom is -0.444 e. The Bertz CT molecular complexity index is 337. The summed E-state index contributed by atoms with van der Waals surface area (Å²) in [4.78, 5) is 16.4. The van der Waals surface area contributed by atoms with E-state index in [9.17, 15) is 4.79 Å². The average molecular weight is 285 g/mol. The molecule has 0 aromatic carbocycles. The molecule has 116 valence electrons. The van der Waals surface area contributed by atoms with Gasteiger partial charge in [-0.25, -0.2) is 4.79 Å². The summed E-state index contributed by atoms with van der Waals surface area (Å²) >= 11 is 0. The van der Waals surface area contributed by atoms with Crippen LogP contribution in [0.25, 0.3) is 0 Å². The molecule has 2 heterocycles. The van der Waals surface area contributed by atoms with Crippen molar-refractivity contribution in [1.82, 2.24) is 9.80 Å². The molecule has 1 amide bonds. The van der Waals surface area contributed by atoms with Crippen molar-refractivity contribution in [3.8, 4) is 0 Å². The number of amides is 1. The van der Waals surface area contributed by atoms with E-state index in [1.807, 2.05) is 20.8 Å². The maximum atomic E-state index is 12.2. The second-order valence-electron chi connectivity index (χ2n) is 6.60. The molecule has 20 heavy (non-hydrogen) atoms. The SMILES string of the molecule is CC(C)(C)OC(=O)N1C[C@@H](CN)[C@@H](N2CCOCC2)C1. The van der Waals surface area contributed by atoms with Crippen LogP contribution in [0.15, 0.2) is 0 Å². The van der Waals surface area contributed by atoms with Crippen molar-refractivity contribution in [3.05, 3.63) is 0 Å². The topological polar surface area (TPSA) is 68.0 Å². The first kappa shape index (κ1) is 15.5. The summed E-state index contributed by atoms with van der Waals surface area (Å²) in [5.41, 5.74) is 5.43. The van der Waals surface area contributed by atoms with Gasteiger partial charge < -0.3 is 20.1 Å². The van der Waals surface area contributed by atoms with Crippen molar-refractivity contribution in [2.45, 2.75) is 32.4 Å². The Morgan fingerprint density at radius 2 is 1.95 bits per heavy atom. The van der Waals surface area contributed by atoms with Gasteiger partial charge in [-0.15, -0.1) is 0 Å². The number of ether oxygens (including phenoxy) is 2. The molecule has 2 atom stereocenters. The van der Waals surface area contributed by atoms with E-state index in [-0.39, 0.29) is 6.09 Å². The summed E-state index contributed by atoms with van der Waals surface area (Å²) in [7, 11) is 0. The zero-order chi connectivity index (χ0) is 14.8. The van der Waals surface area contributed by atoms with E-state index in [0.717, 1.165) is 26.3 Å². The third kappa shape index (κ3) is 3.84. The van der Waals surface area contributed by atoms with Crippen molar-refractivity contribution in [2.75, 3.05) is 45.9 Å². The van der Waals surface area contributed by atoms with E-state index >= 15 is 0 Å². The molecule has 2 aliphatic heterocycles. The fourth-order valence-electron chi connectivity index (χ4n) is 2.88. The molecule has 0 aromatic rings. The third-order valence-corrected chi connectivity index (χ3v) is 3.88. The van der Waals surface area contributed by atoms with E-state index in [1.54, 1.807) is 4.90 Å². The number of hydrogen-bond donors (Lipinski definition) is 1. The zero-order valence-corrected chi connectivity index (χ0v) is 12.8. The number of morpholine rings is 1. The smallest absolute Gasteiger partial charge is 0.410 e. The minimum absolute atomic E-state index is 0.230. The summed E-state index contributed by atoms with van der Waals surface area (Å²) in [6.45, 7) is 11.0. The van der Waals surface area contributed by atoms with Crippen LogP contribution in [0.4, 0.5) is 4.79 Å². The normalized spacial score (nSPS) is 28.7. The summed E-state index contributed by atoms with van der Waals surface area (Å²) in [6, 6.07) is 0.330. The molecule has 2 fully saturated rings. The molecule has 0 aromatic heterocycles. The predicted octanol–water partition coefficient (Wildman–Crippen LogP) is 0.513. The number of nitrogens with two attached hydrogens (primary N) is 1. The molecule has 2 rings (SSSR count). The Balaban J connectivity index is 1.96. The number of likely N-dealkylation sites (tertiary alicyclic amines) is 1. The molecule has 0 radical (unpaired) electrons. The summed E-state index contributed by atoms with van der Waals surface area (Å²) in [6.07, 6.45) is -0.230. The van der Waals surface area contributed by atoms with E-state index < -0.39 is 5.60 Å². The molecule has 0 bridgehead atoms. The Labute approximate surface area is 121 Å². The van der Waals surface area contributed by atoms with Crippen molar-refractivity contribution >= 4 is 6.09 Å². The average Bonchev–Trinajstić information content (AvgIpc) is 2.82. The predicted molar refractivity (Wildman–Crippen MR) is 76.5 cm³/mol. The Kier molecular flexibility index (Phi) is 4.88. The van der Waals surface area contributed by atoms with Crippen LogP contribution >= 0.6 is 0 Å². The van der Waals surface area contributed by atoms with Gasteiger partial charge in [0.25, 0.3) is 0 Å². The number of rotatable bonds is 2. The van der Waals surface area contributed by atoms with Crippen LogP contribution in [0.3, 0.4) is 0 Å². The van der Waals surface area contributed by atoms with Gasteiger partial charge in [0.2, 0.25) is 0 Å². The van der Waals surface area contributed by atoms with Gasteiger partial charge in [-0.1, -0.05) is 0 Å². The highest BCUT2D eigenvalue weighted by molar-refractivity contribution is 5.68. The molecular formula is C14H27N3O3. The highest BCUT2D eigenvalue weighted by atomic mass is 16.6. The molecule has 0 saturated carbocycles. The van der Waals surface area contributed by atoms with Crippen molar-refractivity contribution in [2.24, 2.45) is 11.7 Å². The molecule has 0 aliphatic carbocycles. The number of hydrogen-bond acceptors (Lipinski definition) is 5. The summed E-state index contributed by atoms with van der Waals surface area (Å²) in [5.74, 6) is 0.320. The van der Waals surface area contributed by atoms with Gasteiger partial charge in [0.05, 0.1) is 13.2 Å². The molecule has 2 N–H and O–H groups in total. The minimum atomic E-state index is -0.452. The Morgan fingerprint density at radius 1 is 1.30 bits per heavy atom. The van der Waals surface area contributed by atoms with E-state index in [0.29, 0.717) is 31.6 Å². The third-order valence-electron chi connectivity index (χ3n) is 3.88. The van der Waals surface area contributed by atoms with Crippen LogP contribution in [-0.4, -0.2) is 73.5 Å². The highest BCUT2D eigenvalue weighted by Crippen LogP contribution is 2.24. The van der Waals surface area contributed by atoms with E-state index in [4.69, 9.17) is 15.2 Å². The lowest BCUT2D eigenvalue weighted by atomic mass is 10.0. The van der Waals surface area contributed by atoms with Crippen LogP contribution in [0.2, 0.25) is 0 Å². The fraction of sp³-hybridized carbons (Fsp3) is 0.929. The second kappa shape index (κ2) is 6.28. The lowest BCUT2D eigenvalue weighted by Crippen LogP contribution is -2.48. The maximum absolute atomic E-state index is 12.2. The van der Waals surface area contributed by atoms with Crippen LogP contribution in [-0.2, 0) is 9.47 Å². The standard InChI is InChI=1S/C14H27N3O3/c1-14(2,3)20-13(18)17-9-11(8-15)12(10-17)16-4-6-19-7-5-16/h11-12H,4-10,15H2,1-3H3/t11-,12+/m1/s1. The van der Waals surface area contributed by atoms with Crippen molar-refractivity contribution in [3.63, 3.8) is 0 Å². The van der Waals surface area contributed by atoms with Crippen LogP contribution in [0.1, 0.15) is 20.8 Å². The quantitative estimate of drug-likeness (QED) is 0.801.